The molecular weight excluding hydrogens is 446 g/mol. The van der Waals surface area contributed by atoms with Gasteiger partial charge in [0.2, 0.25) is 5.91 Å². The molecule has 35 heavy (non-hydrogen) atoms. The van der Waals surface area contributed by atoms with Gasteiger partial charge in [-0.15, -0.1) is 0 Å². The van der Waals surface area contributed by atoms with E-state index in [0.717, 1.165) is 37.7 Å². The number of rotatable bonds is 4. The minimum atomic E-state index is -0.747. The Hall–Kier alpha value is -2.77. The lowest BCUT2D eigenvalue weighted by molar-refractivity contribution is -0.161. The van der Waals surface area contributed by atoms with Crippen LogP contribution in [0.15, 0.2) is 30.3 Å². The number of ether oxygens (including phenoxy) is 2. The first-order chi connectivity index (χ1) is 16.5. The number of primary amides is 1. The van der Waals surface area contributed by atoms with Gasteiger partial charge in [0.1, 0.15) is 11.7 Å². The molecule has 4 aliphatic carbocycles. The van der Waals surface area contributed by atoms with Crippen LogP contribution in [0.1, 0.15) is 64.9 Å². The Morgan fingerprint density at radius 1 is 1.06 bits per heavy atom. The van der Waals surface area contributed by atoms with Crippen molar-refractivity contribution in [3.05, 3.63) is 35.9 Å². The van der Waals surface area contributed by atoms with Crippen molar-refractivity contribution in [3.8, 4) is 0 Å². The second kappa shape index (κ2) is 8.42. The number of benzene rings is 1. The fourth-order valence-corrected chi connectivity index (χ4v) is 7.29. The summed E-state index contributed by atoms with van der Waals surface area (Å²) in [6.07, 6.45) is 3.87. The third kappa shape index (κ3) is 4.47. The fourth-order valence-electron chi connectivity index (χ4n) is 7.29. The quantitative estimate of drug-likeness (QED) is 0.674. The molecule has 0 aromatic heterocycles. The van der Waals surface area contributed by atoms with Crippen LogP contribution < -0.4 is 11.1 Å². The smallest absolute Gasteiger partial charge is 0.410 e. The summed E-state index contributed by atoms with van der Waals surface area (Å²) in [5.41, 5.74) is 4.95. The standard InChI is InChI=1S/C27H37N3O5/c1-25(2,3)35-23(32)29-27(20-7-5-4-6-8-20)9-10-30(16-27)24(33)34-21-18-11-17-12-19(21)15-26(13-17,14-18)22(28)31/h4-8,17-19,21H,9-16H2,1-3H3,(H2,28,31)(H,29,32)/t17?,18?,19?,21?,26?,27-/m1/s1. The molecule has 1 saturated heterocycles. The van der Waals surface area contributed by atoms with E-state index in [1.165, 1.54) is 0 Å². The van der Waals surface area contributed by atoms with Gasteiger partial charge in [0.05, 0.1) is 17.5 Å². The van der Waals surface area contributed by atoms with E-state index < -0.39 is 22.6 Å². The summed E-state index contributed by atoms with van der Waals surface area (Å²) in [4.78, 5) is 40.0. The molecule has 5 fully saturated rings. The van der Waals surface area contributed by atoms with Crippen LogP contribution in [0.4, 0.5) is 9.59 Å². The van der Waals surface area contributed by atoms with Crippen molar-refractivity contribution >= 4 is 18.1 Å². The molecule has 1 aromatic carbocycles. The number of nitrogens with zero attached hydrogens (tertiary/aromatic N) is 1. The Labute approximate surface area is 206 Å². The van der Waals surface area contributed by atoms with Crippen LogP contribution in [-0.2, 0) is 19.8 Å². The molecular formula is C27H37N3O5. The molecule has 4 bridgehead atoms. The summed E-state index contributed by atoms with van der Waals surface area (Å²) in [6.45, 7) is 6.26. The van der Waals surface area contributed by atoms with Crippen molar-refractivity contribution in [2.24, 2.45) is 28.9 Å². The molecule has 8 nitrogen and oxygen atoms in total. The molecule has 6 rings (SSSR count). The number of nitrogens with one attached hydrogen (secondary N) is 1. The molecule has 0 radical (unpaired) electrons. The van der Waals surface area contributed by atoms with Crippen LogP contribution in [0.2, 0.25) is 0 Å². The van der Waals surface area contributed by atoms with Gasteiger partial charge in [0.25, 0.3) is 0 Å². The monoisotopic (exact) mass is 483 g/mol. The van der Waals surface area contributed by atoms with Crippen LogP contribution in [-0.4, -0.2) is 47.8 Å². The van der Waals surface area contributed by atoms with E-state index in [4.69, 9.17) is 15.2 Å². The number of carbonyl (C=O) groups is 3. The molecule has 3 atom stereocenters. The topological polar surface area (TPSA) is 111 Å². The zero-order valence-corrected chi connectivity index (χ0v) is 20.9. The van der Waals surface area contributed by atoms with Crippen LogP contribution in [0.25, 0.3) is 0 Å². The van der Waals surface area contributed by atoms with E-state index in [-0.39, 0.29) is 29.9 Å². The molecule has 1 heterocycles. The lowest BCUT2D eigenvalue weighted by atomic mass is 9.48. The predicted molar refractivity (Wildman–Crippen MR) is 129 cm³/mol. The molecule has 3 amide bonds. The predicted octanol–water partition coefficient (Wildman–Crippen LogP) is 3.93. The van der Waals surface area contributed by atoms with Crippen molar-refractivity contribution in [2.75, 3.05) is 13.1 Å². The number of carbonyl (C=O) groups excluding carboxylic acids is 3. The van der Waals surface area contributed by atoms with E-state index in [1.54, 1.807) is 4.90 Å². The zero-order chi connectivity index (χ0) is 25.0. The third-order valence-corrected chi connectivity index (χ3v) is 8.54. The largest absolute Gasteiger partial charge is 0.446 e. The lowest BCUT2D eigenvalue weighted by Gasteiger charge is -2.58. The summed E-state index contributed by atoms with van der Waals surface area (Å²) in [5, 5.41) is 3.06. The SMILES string of the molecule is CC(C)(C)OC(=O)N[C@]1(c2ccccc2)CCN(C(=O)OC2C3CC4CC2CC(C(N)=O)(C4)C3)C1. The van der Waals surface area contributed by atoms with E-state index >= 15 is 0 Å². The van der Waals surface area contributed by atoms with Gasteiger partial charge >= 0.3 is 12.2 Å². The number of amides is 3. The van der Waals surface area contributed by atoms with Crippen molar-refractivity contribution < 1.29 is 23.9 Å². The highest BCUT2D eigenvalue weighted by Gasteiger charge is 2.59. The molecule has 0 spiro atoms. The zero-order valence-electron chi connectivity index (χ0n) is 20.9. The van der Waals surface area contributed by atoms with Gasteiger partial charge < -0.3 is 25.4 Å². The Morgan fingerprint density at radius 2 is 1.71 bits per heavy atom. The highest BCUT2D eigenvalue weighted by atomic mass is 16.6. The van der Waals surface area contributed by atoms with Crippen LogP contribution in [0, 0.1) is 23.2 Å². The summed E-state index contributed by atoms with van der Waals surface area (Å²) in [5.74, 6) is 0.700. The molecule has 1 aromatic rings. The highest BCUT2D eigenvalue weighted by molar-refractivity contribution is 5.81. The Morgan fingerprint density at radius 3 is 2.31 bits per heavy atom. The molecule has 190 valence electrons. The van der Waals surface area contributed by atoms with E-state index in [9.17, 15) is 14.4 Å². The summed E-state index contributed by atoms with van der Waals surface area (Å²) in [7, 11) is 0. The molecule has 3 N–H and O–H groups in total. The van der Waals surface area contributed by atoms with Gasteiger partial charge in [-0.2, -0.15) is 0 Å². The van der Waals surface area contributed by atoms with E-state index in [2.05, 4.69) is 5.32 Å². The summed E-state index contributed by atoms with van der Waals surface area (Å²) < 4.78 is 11.7. The van der Waals surface area contributed by atoms with Crippen molar-refractivity contribution in [2.45, 2.75) is 76.5 Å². The maximum absolute atomic E-state index is 13.4. The van der Waals surface area contributed by atoms with Gasteiger partial charge in [-0.3, -0.25) is 4.79 Å². The van der Waals surface area contributed by atoms with Gasteiger partial charge in [-0.1, -0.05) is 30.3 Å². The normalized spacial score (nSPS) is 35.6. The van der Waals surface area contributed by atoms with E-state index in [0.29, 0.717) is 25.4 Å². The van der Waals surface area contributed by atoms with Crippen LogP contribution >= 0.6 is 0 Å². The highest BCUT2D eigenvalue weighted by Crippen LogP contribution is 2.60. The van der Waals surface area contributed by atoms with Crippen LogP contribution in [0.3, 0.4) is 0 Å². The van der Waals surface area contributed by atoms with Gasteiger partial charge in [0.15, 0.2) is 0 Å². The van der Waals surface area contributed by atoms with Gasteiger partial charge in [-0.05, 0) is 82.6 Å². The second-order valence-electron chi connectivity index (χ2n) is 12.2. The van der Waals surface area contributed by atoms with Gasteiger partial charge in [0, 0.05) is 6.54 Å². The third-order valence-electron chi connectivity index (χ3n) is 8.54. The Balaban J connectivity index is 1.29. The summed E-state index contributed by atoms with van der Waals surface area (Å²) in [6, 6.07) is 9.72. The number of nitrogens with two attached hydrogens (primary N) is 1. The average Bonchev–Trinajstić information content (AvgIpc) is 3.20. The second-order valence-corrected chi connectivity index (χ2v) is 12.2. The van der Waals surface area contributed by atoms with Crippen molar-refractivity contribution in [3.63, 3.8) is 0 Å². The first-order valence-electron chi connectivity index (χ1n) is 12.8. The first kappa shape index (κ1) is 23.9. The molecule has 8 heteroatoms. The number of hydrogen-bond acceptors (Lipinski definition) is 5. The van der Waals surface area contributed by atoms with Crippen molar-refractivity contribution in [1.29, 1.82) is 0 Å². The summed E-state index contributed by atoms with van der Waals surface area (Å²) >= 11 is 0. The van der Waals surface area contributed by atoms with Gasteiger partial charge in [-0.25, -0.2) is 9.59 Å². The average molecular weight is 484 g/mol. The molecule has 4 saturated carbocycles. The van der Waals surface area contributed by atoms with E-state index in [1.807, 2.05) is 51.1 Å². The Bertz CT molecular complexity index is 990. The lowest BCUT2D eigenvalue weighted by Crippen LogP contribution is -2.59. The van der Waals surface area contributed by atoms with Crippen LogP contribution in [0.5, 0.6) is 0 Å². The van der Waals surface area contributed by atoms with Crippen molar-refractivity contribution in [1.82, 2.24) is 10.2 Å². The number of likely N-dealkylation sites (tertiary alicyclic amines) is 1. The number of alkyl carbamates (subject to hydrolysis) is 1. The minimum Gasteiger partial charge on any atom is -0.446 e. The molecule has 1 aliphatic heterocycles. The first-order valence-corrected chi connectivity index (χ1v) is 12.8. The minimum absolute atomic E-state index is 0.169. The fraction of sp³-hybridized carbons (Fsp3) is 0.667. The maximum atomic E-state index is 13.4. The molecule has 2 unspecified atom stereocenters. The number of hydrogen-bond donors (Lipinski definition) is 2. The Kier molecular flexibility index (Phi) is 5.76. The molecule has 5 aliphatic rings. The maximum Gasteiger partial charge on any atom is 0.410 e.